The maximum Gasteiger partial charge on any atom is 0.410 e. The number of hydrogen-bond acceptors (Lipinski definition) is 5. The van der Waals surface area contributed by atoms with Gasteiger partial charge in [-0.2, -0.15) is 8.42 Å². The normalized spacial score (nSPS) is 18.9. The van der Waals surface area contributed by atoms with Crippen molar-refractivity contribution < 1.29 is 26.5 Å². The number of nitrogens with zero attached hydrogens (tertiary/aromatic N) is 1. The van der Waals surface area contributed by atoms with Gasteiger partial charge < -0.3 is 9.64 Å². The Labute approximate surface area is 189 Å². The van der Waals surface area contributed by atoms with Crippen LogP contribution in [0.1, 0.15) is 50.7 Å². The molecule has 1 amide bonds. The van der Waals surface area contributed by atoms with Gasteiger partial charge in [-0.25, -0.2) is 9.18 Å². The van der Waals surface area contributed by atoms with E-state index in [4.69, 9.17) is 8.92 Å². The van der Waals surface area contributed by atoms with Crippen molar-refractivity contribution in [2.75, 3.05) is 12.8 Å². The van der Waals surface area contributed by atoms with Crippen molar-refractivity contribution >= 4 is 16.2 Å². The van der Waals surface area contributed by atoms with E-state index in [9.17, 15) is 17.6 Å². The molecule has 0 bridgehead atoms. The molecule has 3 rings (SSSR count). The SMILES string of the molecule is CC(C)(C)OC(=O)N1CCC[C@@H]1[C@H](OS(C)(=O)=O)[C@H](c1ccccc1)c1ccccc1F. The number of carbonyl (C=O) groups excluding carboxylic acids is 1. The Hall–Kier alpha value is -2.45. The van der Waals surface area contributed by atoms with E-state index < -0.39 is 45.7 Å². The molecule has 174 valence electrons. The van der Waals surface area contributed by atoms with Crippen molar-refractivity contribution in [3.8, 4) is 0 Å². The number of likely N-dealkylation sites (tertiary alicyclic amines) is 1. The fourth-order valence-corrected chi connectivity index (χ4v) is 4.80. The van der Waals surface area contributed by atoms with Crippen LogP contribution in [0.3, 0.4) is 0 Å². The lowest BCUT2D eigenvalue weighted by Gasteiger charge is -2.36. The van der Waals surface area contributed by atoms with Gasteiger partial charge in [-0.3, -0.25) is 4.18 Å². The second kappa shape index (κ2) is 9.58. The lowest BCUT2D eigenvalue weighted by Crippen LogP contribution is -2.48. The number of halogens is 1. The van der Waals surface area contributed by atoms with Crippen LogP contribution in [-0.4, -0.2) is 50.0 Å². The molecule has 0 aromatic heterocycles. The first-order chi connectivity index (χ1) is 15.0. The molecular weight excluding hydrogens is 433 g/mol. The van der Waals surface area contributed by atoms with Crippen LogP contribution in [-0.2, 0) is 19.0 Å². The van der Waals surface area contributed by atoms with Crippen molar-refractivity contribution in [3.05, 3.63) is 71.5 Å². The summed E-state index contributed by atoms with van der Waals surface area (Å²) in [5.74, 6) is -1.22. The van der Waals surface area contributed by atoms with Crippen LogP contribution in [0, 0.1) is 5.82 Å². The number of hydrogen-bond donors (Lipinski definition) is 0. The molecule has 3 atom stereocenters. The van der Waals surface area contributed by atoms with Gasteiger partial charge in [-0.1, -0.05) is 48.5 Å². The molecule has 0 radical (unpaired) electrons. The van der Waals surface area contributed by atoms with Crippen LogP contribution < -0.4 is 0 Å². The van der Waals surface area contributed by atoms with Crippen LogP contribution in [0.5, 0.6) is 0 Å². The van der Waals surface area contributed by atoms with Gasteiger partial charge >= 0.3 is 6.09 Å². The quantitative estimate of drug-likeness (QED) is 0.581. The van der Waals surface area contributed by atoms with Crippen molar-refractivity contribution in [2.45, 2.75) is 57.3 Å². The molecule has 32 heavy (non-hydrogen) atoms. The summed E-state index contributed by atoms with van der Waals surface area (Å²) in [5.41, 5.74) is 0.299. The Morgan fingerprint density at radius 1 is 1.09 bits per heavy atom. The number of amides is 1. The zero-order valence-electron chi connectivity index (χ0n) is 18.8. The standard InChI is InChI=1S/C24H30FNO5S/c1-24(2,3)30-23(27)26-16-10-15-20(26)22(31-32(4,28)29)21(17-11-6-5-7-12-17)18-13-8-9-14-19(18)25/h5-9,11-14,20-22H,10,15-16H2,1-4H3/t20-,21-,22+/m1/s1. The molecule has 2 aromatic carbocycles. The molecule has 1 aliphatic heterocycles. The minimum absolute atomic E-state index is 0.309. The highest BCUT2D eigenvalue weighted by Gasteiger charge is 2.44. The molecule has 0 aliphatic carbocycles. The van der Waals surface area contributed by atoms with Crippen molar-refractivity contribution in [3.63, 3.8) is 0 Å². The van der Waals surface area contributed by atoms with Crippen LogP contribution in [0.15, 0.2) is 54.6 Å². The zero-order valence-corrected chi connectivity index (χ0v) is 19.6. The summed E-state index contributed by atoms with van der Waals surface area (Å²) in [6.45, 7) is 5.72. The lowest BCUT2D eigenvalue weighted by molar-refractivity contribution is 0.00783. The van der Waals surface area contributed by atoms with E-state index in [0.717, 1.165) is 6.26 Å². The molecule has 1 fully saturated rings. The molecule has 8 heteroatoms. The highest BCUT2D eigenvalue weighted by Crippen LogP contribution is 2.38. The molecule has 1 heterocycles. The third kappa shape index (κ3) is 6.07. The molecule has 2 aromatic rings. The summed E-state index contributed by atoms with van der Waals surface area (Å²) in [7, 11) is -3.92. The van der Waals surface area contributed by atoms with Gasteiger partial charge in [-0.05, 0) is 50.8 Å². The van der Waals surface area contributed by atoms with Gasteiger partial charge in [0, 0.05) is 12.5 Å². The van der Waals surface area contributed by atoms with Gasteiger partial charge in [0.25, 0.3) is 10.1 Å². The van der Waals surface area contributed by atoms with Gasteiger partial charge in [0.1, 0.15) is 17.5 Å². The van der Waals surface area contributed by atoms with E-state index in [-0.39, 0.29) is 0 Å². The van der Waals surface area contributed by atoms with E-state index in [1.54, 1.807) is 51.1 Å². The summed E-state index contributed by atoms with van der Waals surface area (Å²) in [6, 6.07) is 14.7. The number of rotatable bonds is 6. The smallest absolute Gasteiger partial charge is 0.410 e. The first kappa shape index (κ1) is 24.2. The number of ether oxygens (including phenoxy) is 1. The first-order valence-corrected chi connectivity index (χ1v) is 12.5. The molecular formula is C24H30FNO5S. The molecule has 1 aliphatic rings. The second-order valence-corrected chi connectivity index (χ2v) is 10.7. The molecule has 0 spiro atoms. The Bertz CT molecular complexity index is 1040. The maximum atomic E-state index is 15.0. The molecule has 0 N–H and O–H groups in total. The largest absolute Gasteiger partial charge is 0.444 e. The lowest BCUT2D eigenvalue weighted by atomic mass is 9.82. The fraction of sp³-hybridized carbons (Fsp3) is 0.458. The average Bonchev–Trinajstić information content (AvgIpc) is 3.17. The van der Waals surface area contributed by atoms with E-state index in [1.807, 2.05) is 18.2 Å². The molecule has 0 saturated carbocycles. The third-order valence-electron chi connectivity index (χ3n) is 5.32. The summed E-state index contributed by atoms with van der Waals surface area (Å²) >= 11 is 0. The first-order valence-electron chi connectivity index (χ1n) is 10.6. The predicted molar refractivity (Wildman–Crippen MR) is 120 cm³/mol. The van der Waals surface area contributed by atoms with Gasteiger partial charge in [0.05, 0.1) is 12.3 Å². The zero-order chi connectivity index (χ0) is 23.5. The highest BCUT2D eigenvalue weighted by molar-refractivity contribution is 7.86. The van der Waals surface area contributed by atoms with Crippen LogP contribution in [0.4, 0.5) is 9.18 Å². The van der Waals surface area contributed by atoms with Crippen molar-refractivity contribution in [2.24, 2.45) is 0 Å². The van der Waals surface area contributed by atoms with Crippen LogP contribution in [0.25, 0.3) is 0 Å². The van der Waals surface area contributed by atoms with Gasteiger partial charge in [-0.15, -0.1) is 0 Å². The Kier molecular flexibility index (Phi) is 7.25. The van der Waals surface area contributed by atoms with Crippen LogP contribution in [0.2, 0.25) is 0 Å². The van der Waals surface area contributed by atoms with E-state index >= 15 is 0 Å². The average molecular weight is 464 g/mol. The summed E-state index contributed by atoms with van der Waals surface area (Å²) in [5, 5.41) is 0. The monoisotopic (exact) mass is 463 g/mol. The van der Waals surface area contributed by atoms with Crippen molar-refractivity contribution in [1.29, 1.82) is 0 Å². The molecule has 6 nitrogen and oxygen atoms in total. The minimum atomic E-state index is -3.92. The summed E-state index contributed by atoms with van der Waals surface area (Å²) in [6.07, 6.45) is 0.571. The highest BCUT2D eigenvalue weighted by atomic mass is 32.2. The Morgan fingerprint density at radius 3 is 2.31 bits per heavy atom. The predicted octanol–water partition coefficient (Wildman–Crippen LogP) is 4.70. The molecule has 1 saturated heterocycles. The number of carbonyl (C=O) groups is 1. The Morgan fingerprint density at radius 2 is 1.72 bits per heavy atom. The maximum absolute atomic E-state index is 15.0. The molecule has 0 unspecified atom stereocenters. The van der Waals surface area contributed by atoms with Crippen molar-refractivity contribution in [1.82, 2.24) is 4.90 Å². The van der Waals surface area contributed by atoms with Gasteiger partial charge in [0.15, 0.2) is 0 Å². The third-order valence-corrected chi connectivity index (χ3v) is 5.89. The van der Waals surface area contributed by atoms with E-state index in [0.29, 0.717) is 30.5 Å². The second-order valence-electron chi connectivity index (χ2n) is 9.06. The van der Waals surface area contributed by atoms with Gasteiger partial charge in [0.2, 0.25) is 0 Å². The topological polar surface area (TPSA) is 72.9 Å². The summed E-state index contributed by atoms with van der Waals surface area (Å²) in [4.78, 5) is 14.4. The Balaban J connectivity index is 2.11. The summed E-state index contributed by atoms with van der Waals surface area (Å²) < 4.78 is 50.8. The number of benzene rings is 2. The minimum Gasteiger partial charge on any atom is -0.444 e. The fourth-order valence-electron chi connectivity index (χ4n) is 4.16. The van der Waals surface area contributed by atoms with E-state index in [1.165, 1.54) is 11.0 Å². The van der Waals surface area contributed by atoms with E-state index in [2.05, 4.69) is 0 Å². The van der Waals surface area contributed by atoms with Crippen LogP contribution >= 0.6 is 0 Å².